The van der Waals surface area contributed by atoms with Crippen molar-refractivity contribution in [3.63, 3.8) is 0 Å². The summed E-state index contributed by atoms with van der Waals surface area (Å²) in [7, 11) is 0. The van der Waals surface area contributed by atoms with Crippen molar-refractivity contribution in [2.75, 3.05) is 6.61 Å². The van der Waals surface area contributed by atoms with Gasteiger partial charge in [0.1, 0.15) is 12.4 Å². The summed E-state index contributed by atoms with van der Waals surface area (Å²) in [6, 6.07) is 21.2. The second kappa shape index (κ2) is 11.3. The third-order valence-electron chi connectivity index (χ3n) is 5.50. The van der Waals surface area contributed by atoms with E-state index in [-0.39, 0.29) is 24.3 Å². The molecule has 1 amide bonds. The number of amides is 1. The summed E-state index contributed by atoms with van der Waals surface area (Å²) < 4.78 is 20.0. The summed E-state index contributed by atoms with van der Waals surface area (Å²) in [6.45, 7) is 6.80. The largest absolute Gasteiger partial charge is 0.463 e. The fourth-order valence-electron chi connectivity index (χ4n) is 3.66. The first-order valence-electron chi connectivity index (χ1n) is 11.2. The van der Waals surface area contributed by atoms with Crippen LogP contribution in [0.25, 0.3) is 11.1 Å². The number of esters is 1. The molecule has 3 rings (SSSR count). The van der Waals surface area contributed by atoms with E-state index in [1.807, 2.05) is 74.5 Å². The second-order valence-corrected chi connectivity index (χ2v) is 9.92. The van der Waals surface area contributed by atoms with Gasteiger partial charge < -0.3 is 10.1 Å². The van der Waals surface area contributed by atoms with Crippen molar-refractivity contribution in [3.8, 4) is 11.1 Å². The molecule has 0 saturated heterocycles. The summed E-state index contributed by atoms with van der Waals surface area (Å²) in [5.74, 6) is -0.819. The van der Waals surface area contributed by atoms with Crippen LogP contribution in [-0.4, -0.2) is 24.0 Å². The summed E-state index contributed by atoms with van der Waals surface area (Å²) >= 11 is 1.53. The molecule has 0 spiro atoms. The van der Waals surface area contributed by atoms with Gasteiger partial charge in [-0.05, 0) is 62.1 Å². The van der Waals surface area contributed by atoms with Gasteiger partial charge >= 0.3 is 5.97 Å². The Morgan fingerprint density at radius 3 is 2.21 bits per heavy atom. The highest BCUT2D eigenvalue weighted by molar-refractivity contribution is 7.99. The second-order valence-electron chi connectivity index (χ2n) is 8.78. The standard InChI is InChI=1S/C28H30FNO3S/c1-19-5-11-24(12-6-19)34-25-13-14-26(27(29)17-25)23-9-7-22(8-10-23)15-16-28(4,30-20(2)31)18-33-21(3)32/h5-14,17H,15-16,18H2,1-4H3,(H,30,31). The number of hydrogen-bond acceptors (Lipinski definition) is 4. The van der Waals surface area contributed by atoms with E-state index in [4.69, 9.17) is 4.74 Å². The number of halogens is 1. The normalized spacial score (nSPS) is 12.6. The third kappa shape index (κ3) is 7.45. The van der Waals surface area contributed by atoms with Gasteiger partial charge in [-0.25, -0.2) is 4.39 Å². The zero-order valence-electron chi connectivity index (χ0n) is 20.0. The molecule has 0 aliphatic rings. The summed E-state index contributed by atoms with van der Waals surface area (Å²) in [5.41, 5.74) is 2.94. The molecule has 0 fully saturated rings. The number of rotatable bonds is 9. The highest BCUT2D eigenvalue weighted by Gasteiger charge is 2.26. The van der Waals surface area contributed by atoms with Crippen molar-refractivity contribution in [1.82, 2.24) is 5.32 Å². The van der Waals surface area contributed by atoms with Crippen molar-refractivity contribution in [2.24, 2.45) is 0 Å². The van der Waals surface area contributed by atoms with E-state index < -0.39 is 5.54 Å². The van der Waals surface area contributed by atoms with Gasteiger partial charge in [0.25, 0.3) is 0 Å². The SMILES string of the molecule is CC(=O)NC(C)(CCc1ccc(-c2ccc(Sc3ccc(C)cc3)cc2F)cc1)COC(C)=O. The van der Waals surface area contributed by atoms with Crippen LogP contribution < -0.4 is 5.32 Å². The van der Waals surface area contributed by atoms with Crippen LogP contribution in [0.3, 0.4) is 0 Å². The Hall–Kier alpha value is -3.12. The Labute approximate surface area is 204 Å². The molecular formula is C28H30FNO3S. The van der Waals surface area contributed by atoms with Gasteiger partial charge in [0.05, 0.1) is 5.54 Å². The molecule has 0 aliphatic heterocycles. The average Bonchev–Trinajstić information content (AvgIpc) is 2.78. The van der Waals surface area contributed by atoms with E-state index in [1.54, 1.807) is 6.07 Å². The van der Waals surface area contributed by atoms with E-state index >= 15 is 0 Å². The van der Waals surface area contributed by atoms with Gasteiger partial charge in [-0.3, -0.25) is 9.59 Å². The van der Waals surface area contributed by atoms with Gasteiger partial charge in [0, 0.05) is 29.2 Å². The van der Waals surface area contributed by atoms with Crippen LogP contribution in [-0.2, 0) is 20.7 Å². The Balaban J connectivity index is 1.66. The Kier molecular flexibility index (Phi) is 8.51. The fourth-order valence-corrected chi connectivity index (χ4v) is 4.51. The summed E-state index contributed by atoms with van der Waals surface area (Å²) in [4.78, 5) is 24.7. The number of carbonyl (C=O) groups excluding carboxylic acids is 2. The van der Waals surface area contributed by atoms with Gasteiger partial charge in [-0.2, -0.15) is 0 Å². The van der Waals surface area contributed by atoms with Crippen molar-refractivity contribution >= 4 is 23.6 Å². The van der Waals surface area contributed by atoms with Gasteiger partial charge in [0.2, 0.25) is 5.91 Å². The maximum atomic E-state index is 14.9. The van der Waals surface area contributed by atoms with E-state index in [0.717, 1.165) is 20.9 Å². The lowest BCUT2D eigenvalue weighted by molar-refractivity contribution is -0.144. The average molecular weight is 480 g/mol. The molecule has 6 heteroatoms. The highest BCUT2D eigenvalue weighted by atomic mass is 32.2. The Morgan fingerprint density at radius 2 is 1.62 bits per heavy atom. The Bertz CT molecular complexity index is 1150. The van der Waals surface area contributed by atoms with Crippen LogP contribution in [0.5, 0.6) is 0 Å². The molecular weight excluding hydrogens is 449 g/mol. The fraction of sp³-hybridized carbons (Fsp3) is 0.286. The number of carbonyl (C=O) groups is 2. The monoisotopic (exact) mass is 479 g/mol. The highest BCUT2D eigenvalue weighted by Crippen LogP contribution is 2.32. The summed E-state index contributed by atoms with van der Waals surface area (Å²) in [6.07, 6.45) is 1.27. The predicted octanol–water partition coefficient (Wildman–Crippen LogP) is 6.34. The lowest BCUT2D eigenvalue weighted by Gasteiger charge is -2.30. The molecule has 0 aromatic heterocycles. The zero-order chi connectivity index (χ0) is 24.7. The smallest absolute Gasteiger partial charge is 0.302 e. The first kappa shape index (κ1) is 25.5. The van der Waals surface area contributed by atoms with E-state index in [1.165, 1.54) is 31.2 Å². The first-order valence-corrected chi connectivity index (χ1v) is 12.0. The minimum Gasteiger partial charge on any atom is -0.463 e. The topological polar surface area (TPSA) is 55.4 Å². The van der Waals surface area contributed by atoms with Crippen molar-refractivity contribution in [2.45, 2.75) is 55.9 Å². The lowest BCUT2D eigenvalue weighted by atomic mass is 9.93. The minimum atomic E-state index is -0.659. The predicted molar refractivity (Wildman–Crippen MR) is 134 cm³/mol. The number of ether oxygens (including phenoxy) is 1. The molecule has 3 aromatic carbocycles. The molecule has 0 bridgehead atoms. The molecule has 4 nitrogen and oxygen atoms in total. The Morgan fingerprint density at radius 1 is 0.971 bits per heavy atom. The summed E-state index contributed by atoms with van der Waals surface area (Å²) in [5, 5.41) is 2.88. The number of hydrogen-bond donors (Lipinski definition) is 1. The van der Waals surface area contributed by atoms with Crippen LogP contribution in [0.15, 0.2) is 76.5 Å². The maximum Gasteiger partial charge on any atom is 0.302 e. The lowest BCUT2D eigenvalue weighted by Crippen LogP contribution is -2.49. The van der Waals surface area contributed by atoms with E-state index in [9.17, 15) is 14.0 Å². The van der Waals surface area contributed by atoms with Crippen molar-refractivity contribution < 1.29 is 18.7 Å². The molecule has 178 valence electrons. The van der Waals surface area contributed by atoms with Crippen molar-refractivity contribution in [3.05, 3.63) is 83.7 Å². The zero-order valence-corrected chi connectivity index (χ0v) is 20.8. The van der Waals surface area contributed by atoms with Gasteiger partial charge in [-0.1, -0.05) is 59.8 Å². The molecule has 0 aliphatic carbocycles. The molecule has 0 saturated carbocycles. The molecule has 0 radical (unpaired) electrons. The maximum absolute atomic E-state index is 14.9. The van der Waals surface area contributed by atoms with Crippen LogP contribution in [0.2, 0.25) is 0 Å². The number of nitrogens with one attached hydrogen (secondary N) is 1. The molecule has 0 heterocycles. The first-order chi connectivity index (χ1) is 16.1. The van der Waals surface area contributed by atoms with E-state index in [0.29, 0.717) is 18.4 Å². The molecule has 3 aromatic rings. The van der Waals surface area contributed by atoms with Gasteiger partial charge in [-0.15, -0.1) is 0 Å². The van der Waals surface area contributed by atoms with Crippen LogP contribution in [0, 0.1) is 12.7 Å². The number of benzene rings is 3. The minimum absolute atomic E-state index is 0.109. The molecule has 34 heavy (non-hydrogen) atoms. The molecule has 1 unspecified atom stereocenters. The third-order valence-corrected chi connectivity index (χ3v) is 6.50. The van der Waals surface area contributed by atoms with E-state index in [2.05, 4.69) is 5.32 Å². The number of aryl methyl sites for hydroxylation is 2. The van der Waals surface area contributed by atoms with Crippen molar-refractivity contribution in [1.29, 1.82) is 0 Å². The van der Waals surface area contributed by atoms with Gasteiger partial charge in [0.15, 0.2) is 0 Å². The quantitative estimate of drug-likeness (QED) is 0.364. The molecule has 1 N–H and O–H groups in total. The van der Waals surface area contributed by atoms with Crippen LogP contribution in [0.1, 0.15) is 38.3 Å². The van der Waals surface area contributed by atoms with Crippen LogP contribution in [0.4, 0.5) is 4.39 Å². The molecule has 1 atom stereocenters. The van der Waals surface area contributed by atoms with Crippen LogP contribution >= 0.6 is 11.8 Å².